The highest BCUT2D eigenvalue weighted by Gasteiger charge is 2.23. The molecule has 0 aliphatic carbocycles. The van der Waals surface area contributed by atoms with E-state index in [9.17, 15) is 9.59 Å². The summed E-state index contributed by atoms with van der Waals surface area (Å²) in [5, 5.41) is 2.65. The van der Waals surface area contributed by atoms with Crippen LogP contribution in [-0.2, 0) is 20.9 Å². The molecular formula is C17H26N2O3. The van der Waals surface area contributed by atoms with E-state index in [1.807, 2.05) is 51.1 Å². The second kappa shape index (κ2) is 9.95. The third kappa shape index (κ3) is 6.26. The van der Waals surface area contributed by atoms with Crippen LogP contribution in [0.4, 0.5) is 0 Å². The summed E-state index contributed by atoms with van der Waals surface area (Å²) in [6.45, 7) is 7.86. The first-order valence-electron chi connectivity index (χ1n) is 7.76. The van der Waals surface area contributed by atoms with E-state index in [2.05, 4.69) is 5.32 Å². The topological polar surface area (TPSA) is 58.6 Å². The molecule has 0 spiro atoms. The molecular weight excluding hydrogens is 280 g/mol. The molecule has 0 saturated heterocycles. The van der Waals surface area contributed by atoms with E-state index < -0.39 is 11.8 Å². The minimum atomic E-state index is -0.555. The molecule has 5 nitrogen and oxygen atoms in total. The van der Waals surface area contributed by atoms with Crippen molar-refractivity contribution < 1.29 is 14.3 Å². The van der Waals surface area contributed by atoms with Gasteiger partial charge in [0.15, 0.2) is 0 Å². The highest BCUT2D eigenvalue weighted by atomic mass is 16.5. The van der Waals surface area contributed by atoms with Crippen LogP contribution < -0.4 is 5.32 Å². The maximum Gasteiger partial charge on any atom is 0.312 e. The van der Waals surface area contributed by atoms with Gasteiger partial charge in [-0.3, -0.25) is 9.59 Å². The molecule has 1 N–H and O–H groups in total. The van der Waals surface area contributed by atoms with Crippen molar-refractivity contribution in [2.24, 2.45) is 0 Å². The molecule has 1 aromatic carbocycles. The monoisotopic (exact) mass is 306 g/mol. The SMILES string of the molecule is CCOCCCNC(=O)C(=O)N(Cc1ccccc1)C(C)C. The summed E-state index contributed by atoms with van der Waals surface area (Å²) in [5.41, 5.74) is 1.01. The number of nitrogens with zero attached hydrogens (tertiary/aromatic N) is 1. The number of rotatable bonds is 8. The maximum atomic E-state index is 12.3. The van der Waals surface area contributed by atoms with Crippen molar-refractivity contribution in [3.8, 4) is 0 Å². The standard InChI is InChI=1S/C17H26N2O3/c1-4-22-12-8-11-18-16(20)17(21)19(14(2)3)13-15-9-6-5-7-10-15/h5-7,9-10,14H,4,8,11-13H2,1-3H3,(H,18,20). The molecule has 2 amide bonds. The highest BCUT2D eigenvalue weighted by Crippen LogP contribution is 2.08. The van der Waals surface area contributed by atoms with Crippen molar-refractivity contribution in [1.29, 1.82) is 0 Å². The van der Waals surface area contributed by atoms with Gasteiger partial charge in [0.05, 0.1) is 0 Å². The molecule has 122 valence electrons. The average Bonchev–Trinajstić information content (AvgIpc) is 2.52. The Balaban J connectivity index is 2.52. The fourth-order valence-electron chi connectivity index (χ4n) is 2.00. The van der Waals surface area contributed by atoms with Gasteiger partial charge in [0, 0.05) is 32.3 Å². The lowest BCUT2D eigenvalue weighted by molar-refractivity contribution is -0.147. The lowest BCUT2D eigenvalue weighted by atomic mass is 10.2. The van der Waals surface area contributed by atoms with Crippen LogP contribution in [0.2, 0.25) is 0 Å². The average molecular weight is 306 g/mol. The number of nitrogens with one attached hydrogen (secondary N) is 1. The molecule has 0 unspecified atom stereocenters. The second-order valence-electron chi connectivity index (χ2n) is 5.32. The number of amides is 2. The molecule has 0 aliphatic heterocycles. The maximum absolute atomic E-state index is 12.3. The van der Waals surface area contributed by atoms with E-state index in [1.54, 1.807) is 4.90 Å². The van der Waals surface area contributed by atoms with Gasteiger partial charge in [0.2, 0.25) is 0 Å². The Hall–Kier alpha value is -1.88. The van der Waals surface area contributed by atoms with Gasteiger partial charge >= 0.3 is 11.8 Å². The molecule has 0 aliphatic rings. The van der Waals surface area contributed by atoms with Crippen LogP contribution in [-0.4, -0.2) is 42.5 Å². The Labute approximate surface area is 132 Å². The largest absolute Gasteiger partial charge is 0.382 e. The minimum absolute atomic E-state index is 0.0399. The van der Waals surface area contributed by atoms with Crippen LogP contribution in [0.25, 0.3) is 0 Å². The minimum Gasteiger partial charge on any atom is -0.382 e. The van der Waals surface area contributed by atoms with E-state index in [4.69, 9.17) is 4.74 Å². The molecule has 0 fully saturated rings. The Morgan fingerprint density at radius 1 is 1.23 bits per heavy atom. The van der Waals surface area contributed by atoms with Gasteiger partial charge in [-0.25, -0.2) is 0 Å². The molecule has 0 saturated carbocycles. The lowest BCUT2D eigenvalue weighted by Crippen LogP contribution is -2.46. The number of carbonyl (C=O) groups is 2. The predicted octanol–water partition coefficient (Wildman–Crippen LogP) is 1.97. The molecule has 0 aromatic heterocycles. The van der Waals surface area contributed by atoms with Gasteiger partial charge in [-0.1, -0.05) is 30.3 Å². The summed E-state index contributed by atoms with van der Waals surface area (Å²) in [6.07, 6.45) is 0.702. The van der Waals surface area contributed by atoms with E-state index in [1.165, 1.54) is 0 Å². The van der Waals surface area contributed by atoms with Gasteiger partial charge < -0.3 is 15.0 Å². The summed E-state index contributed by atoms with van der Waals surface area (Å²) >= 11 is 0. The van der Waals surface area contributed by atoms with Crippen molar-refractivity contribution >= 4 is 11.8 Å². The zero-order chi connectivity index (χ0) is 16.4. The van der Waals surface area contributed by atoms with Crippen LogP contribution >= 0.6 is 0 Å². The normalized spacial score (nSPS) is 10.5. The number of hydrogen-bond acceptors (Lipinski definition) is 3. The first kappa shape index (κ1) is 18.2. The molecule has 1 aromatic rings. The summed E-state index contributed by atoms with van der Waals surface area (Å²) in [5.74, 6) is -1.05. The van der Waals surface area contributed by atoms with Crippen LogP contribution in [0, 0.1) is 0 Å². The van der Waals surface area contributed by atoms with Crippen molar-refractivity contribution in [3.63, 3.8) is 0 Å². The van der Waals surface area contributed by atoms with Crippen LogP contribution in [0.5, 0.6) is 0 Å². The van der Waals surface area contributed by atoms with E-state index in [-0.39, 0.29) is 6.04 Å². The van der Waals surface area contributed by atoms with Gasteiger partial charge in [0.1, 0.15) is 0 Å². The van der Waals surface area contributed by atoms with Gasteiger partial charge in [-0.15, -0.1) is 0 Å². The molecule has 1 rings (SSSR count). The molecule has 0 atom stereocenters. The Morgan fingerprint density at radius 2 is 1.91 bits per heavy atom. The fourth-order valence-corrected chi connectivity index (χ4v) is 2.00. The van der Waals surface area contributed by atoms with E-state index >= 15 is 0 Å². The quantitative estimate of drug-likeness (QED) is 0.590. The smallest absolute Gasteiger partial charge is 0.312 e. The van der Waals surface area contributed by atoms with Gasteiger partial charge in [-0.2, -0.15) is 0 Å². The first-order valence-corrected chi connectivity index (χ1v) is 7.76. The fraction of sp³-hybridized carbons (Fsp3) is 0.529. The number of ether oxygens (including phenoxy) is 1. The molecule has 22 heavy (non-hydrogen) atoms. The lowest BCUT2D eigenvalue weighted by Gasteiger charge is -2.26. The molecule has 0 heterocycles. The zero-order valence-electron chi connectivity index (χ0n) is 13.7. The van der Waals surface area contributed by atoms with Crippen molar-refractivity contribution in [2.75, 3.05) is 19.8 Å². The first-order chi connectivity index (χ1) is 10.6. The summed E-state index contributed by atoms with van der Waals surface area (Å²) in [7, 11) is 0. The Bertz CT molecular complexity index is 460. The van der Waals surface area contributed by atoms with Crippen LogP contribution in [0.15, 0.2) is 30.3 Å². The molecule has 0 radical (unpaired) electrons. The Kier molecular flexibility index (Phi) is 8.22. The van der Waals surface area contributed by atoms with Crippen LogP contribution in [0.3, 0.4) is 0 Å². The van der Waals surface area contributed by atoms with E-state index in [0.717, 1.165) is 5.56 Å². The van der Waals surface area contributed by atoms with Crippen molar-refractivity contribution in [2.45, 2.75) is 39.8 Å². The third-order valence-corrected chi connectivity index (χ3v) is 3.23. The summed E-state index contributed by atoms with van der Waals surface area (Å²) in [4.78, 5) is 25.8. The number of benzene rings is 1. The third-order valence-electron chi connectivity index (χ3n) is 3.23. The summed E-state index contributed by atoms with van der Waals surface area (Å²) in [6, 6.07) is 9.63. The van der Waals surface area contributed by atoms with Crippen LogP contribution in [0.1, 0.15) is 32.8 Å². The number of hydrogen-bond donors (Lipinski definition) is 1. The Morgan fingerprint density at radius 3 is 2.50 bits per heavy atom. The molecule has 0 bridgehead atoms. The molecule has 5 heteroatoms. The second-order valence-corrected chi connectivity index (χ2v) is 5.32. The van der Waals surface area contributed by atoms with Gasteiger partial charge in [0.25, 0.3) is 0 Å². The predicted molar refractivity (Wildman–Crippen MR) is 86.2 cm³/mol. The summed E-state index contributed by atoms with van der Waals surface area (Å²) < 4.78 is 5.19. The van der Waals surface area contributed by atoms with E-state index in [0.29, 0.717) is 32.7 Å². The number of carbonyl (C=O) groups excluding carboxylic acids is 2. The van der Waals surface area contributed by atoms with Crippen molar-refractivity contribution in [3.05, 3.63) is 35.9 Å². The van der Waals surface area contributed by atoms with Crippen molar-refractivity contribution in [1.82, 2.24) is 10.2 Å². The highest BCUT2D eigenvalue weighted by molar-refractivity contribution is 6.35. The zero-order valence-corrected chi connectivity index (χ0v) is 13.7. The van der Waals surface area contributed by atoms with Gasteiger partial charge in [-0.05, 0) is 32.8 Å².